The van der Waals surface area contributed by atoms with Crippen LogP contribution in [0.5, 0.6) is 0 Å². The Labute approximate surface area is 137 Å². The first-order valence-corrected chi connectivity index (χ1v) is 5.75. The average molecular weight is 399 g/mol. The molecule has 0 aromatic carbocycles. The van der Waals surface area contributed by atoms with E-state index in [2.05, 4.69) is 4.52 Å². The van der Waals surface area contributed by atoms with Crippen LogP contribution in [0.3, 0.4) is 0 Å². The van der Waals surface area contributed by atoms with Crippen LogP contribution in [0.1, 0.15) is 0 Å². The standard InChI is InChI=1S/C6H15O9P.Ba/c7-1-3(8)5(10)6(11)4(9)2-15-16(12,13)14;/h3-11H,1-2H2,(H2,12,13,14);/t3-,4+,5+,6+;/m0./s1. The molecule has 0 aliphatic rings. The van der Waals surface area contributed by atoms with E-state index in [1.807, 2.05) is 0 Å². The summed E-state index contributed by atoms with van der Waals surface area (Å²) in [6.45, 7) is -1.77. The molecule has 0 saturated heterocycles. The zero-order valence-corrected chi connectivity index (χ0v) is 14.2. The topological polar surface area (TPSA) is 168 Å². The predicted molar refractivity (Wildman–Crippen MR) is 54.9 cm³/mol. The Hall–Kier alpha value is 1.48. The Balaban J connectivity index is 0. The molecule has 100 valence electrons. The van der Waals surface area contributed by atoms with Gasteiger partial charge in [-0.05, 0) is 0 Å². The number of hydrogen-bond acceptors (Lipinski definition) is 7. The molecule has 4 atom stereocenters. The van der Waals surface area contributed by atoms with E-state index in [1.165, 1.54) is 0 Å². The van der Waals surface area contributed by atoms with Gasteiger partial charge >= 0.3 is 7.82 Å². The second-order valence-corrected chi connectivity index (χ2v) is 4.32. The van der Waals surface area contributed by atoms with Crippen LogP contribution in [0.4, 0.5) is 0 Å². The Morgan fingerprint density at radius 1 is 1.00 bits per heavy atom. The van der Waals surface area contributed by atoms with Gasteiger partial charge in [0.25, 0.3) is 0 Å². The van der Waals surface area contributed by atoms with Crippen molar-refractivity contribution in [2.24, 2.45) is 0 Å². The SMILES string of the molecule is O=P(O)(O)OC[C@@H](O)[C@@H](O)[C@H](O)[C@@H](O)CO.[Ba]. The molecule has 11 heteroatoms. The van der Waals surface area contributed by atoms with Gasteiger partial charge in [-0.15, -0.1) is 0 Å². The summed E-state index contributed by atoms with van der Waals surface area (Å²) < 4.78 is 14.1. The molecule has 17 heavy (non-hydrogen) atoms. The maximum absolute atomic E-state index is 10.2. The van der Waals surface area contributed by atoms with Crippen molar-refractivity contribution >= 4 is 56.7 Å². The van der Waals surface area contributed by atoms with E-state index in [9.17, 15) is 9.67 Å². The van der Waals surface area contributed by atoms with Crippen LogP contribution in [0.2, 0.25) is 0 Å². The minimum atomic E-state index is -4.78. The van der Waals surface area contributed by atoms with Crippen molar-refractivity contribution in [3.8, 4) is 0 Å². The first-order chi connectivity index (χ1) is 7.19. The zero-order valence-electron chi connectivity index (χ0n) is 8.82. The Bertz CT molecular complexity index is 246. The van der Waals surface area contributed by atoms with Crippen LogP contribution in [0.15, 0.2) is 0 Å². The summed E-state index contributed by atoms with van der Waals surface area (Å²) in [5.41, 5.74) is 0. The fourth-order valence-corrected chi connectivity index (χ4v) is 1.18. The van der Waals surface area contributed by atoms with Crippen LogP contribution >= 0.6 is 7.82 Å². The normalized spacial score (nSPS) is 19.0. The van der Waals surface area contributed by atoms with Gasteiger partial charge in [-0.25, -0.2) is 4.57 Å². The second kappa shape index (κ2) is 9.40. The zero-order chi connectivity index (χ0) is 12.9. The molecule has 0 aromatic rings. The maximum Gasteiger partial charge on any atom is 0.469 e. The molecular weight excluding hydrogens is 384 g/mol. The Morgan fingerprint density at radius 2 is 1.41 bits per heavy atom. The first-order valence-electron chi connectivity index (χ1n) is 4.22. The number of phosphoric acid groups is 1. The van der Waals surface area contributed by atoms with Gasteiger partial charge in [-0.1, -0.05) is 0 Å². The fraction of sp³-hybridized carbons (Fsp3) is 1.00. The Morgan fingerprint density at radius 3 is 1.76 bits per heavy atom. The molecule has 0 aliphatic carbocycles. The second-order valence-electron chi connectivity index (χ2n) is 3.08. The van der Waals surface area contributed by atoms with Gasteiger partial charge in [0.15, 0.2) is 0 Å². The van der Waals surface area contributed by atoms with Gasteiger partial charge in [0.05, 0.1) is 13.2 Å². The molecule has 0 spiro atoms. The van der Waals surface area contributed by atoms with Crippen LogP contribution < -0.4 is 0 Å². The van der Waals surface area contributed by atoms with Crippen LogP contribution in [0.25, 0.3) is 0 Å². The number of rotatable bonds is 7. The van der Waals surface area contributed by atoms with Crippen molar-refractivity contribution in [2.75, 3.05) is 13.2 Å². The van der Waals surface area contributed by atoms with Crippen molar-refractivity contribution < 1.29 is 44.4 Å². The average Bonchev–Trinajstić information content (AvgIpc) is 2.21. The summed E-state index contributed by atoms with van der Waals surface area (Å²) in [5, 5.41) is 44.8. The monoisotopic (exact) mass is 400 g/mol. The molecule has 0 aromatic heterocycles. The van der Waals surface area contributed by atoms with Gasteiger partial charge in [0.2, 0.25) is 0 Å². The fourth-order valence-electron chi connectivity index (χ4n) is 0.835. The minimum Gasteiger partial charge on any atom is -0.394 e. The van der Waals surface area contributed by atoms with E-state index in [0.29, 0.717) is 0 Å². The van der Waals surface area contributed by atoms with Gasteiger partial charge in [-0.3, -0.25) is 4.52 Å². The predicted octanol–water partition coefficient (Wildman–Crippen LogP) is -3.85. The van der Waals surface area contributed by atoms with Gasteiger partial charge in [0.1, 0.15) is 24.4 Å². The van der Waals surface area contributed by atoms with Crippen molar-refractivity contribution in [3.05, 3.63) is 0 Å². The van der Waals surface area contributed by atoms with Crippen molar-refractivity contribution in [2.45, 2.75) is 24.4 Å². The van der Waals surface area contributed by atoms with Gasteiger partial charge < -0.3 is 35.3 Å². The minimum absolute atomic E-state index is 0. The van der Waals surface area contributed by atoms with E-state index < -0.39 is 45.5 Å². The number of aliphatic hydroxyl groups is 5. The molecule has 0 bridgehead atoms. The molecule has 0 aliphatic heterocycles. The molecular formula is C6H15BaO9P. The third-order valence-electron chi connectivity index (χ3n) is 1.74. The largest absolute Gasteiger partial charge is 0.469 e. The Kier molecular flexibility index (Phi) is 11.5. The quantitative estimate of drug-likeness (QED) is 0.167. The van der Waals surface area contributed by atoms with E-state index in [1.54, 1.807) is 0 Å². The van der Waals surface area contributed by atoms with E-state index in [0.717, 1.165) is 0 Å². The summed E-state index contributed by atoms with van der Waals surface area (Å²) in [6.07, 6.45) is -7.27. The summed E-state index contributed by atoms with van der Waals surface area (Å²) in [6, 6.07) is 0. The first kappa shape index (κ1) is 20.8. The molecule has 2 radical (unpaired) electrons. The van der Waals surface area contributed by atoms with Crippen molar-refractivity contribution in [1.29, 1.82) is 0 Å². The number of phosphoric ester groups is 1. The summed E-state index contributed by atoms with van der Waals surface area (Å²) in [5.74, 6) is 0. The maximum atomic E-state index is 10.2. The van der Waals surface area contributed by atoms with Crippen LogP contribution in [-0.2, 0) is 9.09 Å². The molecule has 0 unspecified atom stereocenters. The molecule has 0 heterocycles. The summed E-state index contributed by atoms with van der Waals surface area (Å²) in [7, 11) is -4.78. The molecule has 0 rings (SSSR count). The molecule has 7 N–H and O–H groups in total. The summed E-state index contributed by atoms with van der Waals surface area (Å²) >= 11 is 0. The van der Waals surface area contributed by atoms with Crippen LogP contribution in [0, 0.1) is 0 Å². The third kappa shape index (κ3) is 9.08. The summed E-state index contributed by atoms with van der Waals surface area (Å²) in [4.78, 5) is 16.6. The number of hydrogen-bond donors (Lipinski definition) is 7. The van der Waals surface area contributed by atoms with Crippen LogP contribution in [-0.4, -0.2) is 122 Å². The van der Waals surface area contributed by atoms with Crippen molar-refractivity contribution in [3.63, 3.8) is 0 Å². The van der Waals surface area contributed by atoms with Gasteiger partial charge in [-0.2, -0.15) is 0 Å². The smallest absolute Gasteiger partial charge is 0.394 e. The van der Waals surface area contributed by atoms with Gasteiger partial charge in [0, 0.05) is 48.9 Å². The van der Waals surface area contributed by atoms with E-state index >= 15 is 0 Å². The molecule has 0 amide bonds. The molecule has 0 fully saturated rings. The number of aliphatic hydroxyl groups excluding tert-OH is 5. The molecule has 0 saturated carbocycles. The molecule has 9 nitrogen and oxygen atoms in total. The van der Waals surface area contributed by atoms with E-state index in [4.69, 9.17) is 30.2 Å². The third-order valence-corrected chi connectivity index (χ3v) is 2.22. The van der Waals surface area contributed by atoms with Crippen molar-refractivity contribution in [1.82, 2.24) is 0 Å². The van der Waals surface area contributed by atoms with E-state index in [-0.39, 0.29) is 48.9 Å².